The molecule has 2 amide bonds. The van der Waals surface area contributed by atoms with Crippen LogP contribution in [-0.2, 0) is 25.5 Å². The van der Waals surface area contributed by atoms with E-state index in [0.717, 1.165) is 18.4 Å². The summed E-state index contributed by atoms with van der Waals surface area (Å²) in [7, 11) is 1.52. The van der Waals surface area contributed by atoms with E-state index in [1.54, 1.807) is 11.3 Å². The zero-order chi connectivity index (χ0) is 15.9. The molecule has 0 bridgehead atoms. The van der Waals surface area contributed by atoms with E-state index < -0.39 is 5.97 Å². The molecule has 1 aromatic rings. The van der Waals surface area contributed by atoms with E-state index in [-0.39, 0.29) is 37.4 Å². The molecule has 1 aromatic heterocycles. The van der Waals surface area contributed by atoms with E-state index in [0.29, 0.717) is 6.42 Å². The Morgan fingerprint density at radius 2 is 2.18 bits per heavy atom. The van der Waals surface area contributed by atoms with Gasteiger partial charge in [0.2, 0.25) is 5.91 Å². The molecule has 1 N–H and O–H groups in total. The van der Waals surface area contributed by atoms with Crippen LogP contribution in [0, 0.1) is 0 Å². The van der Waals surface area contributed by atoms with Crippen molar-refractivity contribution in [3.8, 4) is 0 Å². The Bertz CT molecular complexity index is 526. The quantitative estimate of drug-likeness (QED) is 0.723. The van der Waals surface area contributed by atoms with Gasteiger partial charge in [-0.3, -0.25) is 14.4 Å². The fourth-order valence-corrected chi connectivity index (χ4v) is 2.51. The average molecular weight is 324 g/mol. The number of carbonyl (C=O) groups is 3. The number of hydrogen-bond donors (Lipinski definition) is 1. The lowest BCUT2D eigenvalue weighted by atomic mass is 10.2. The van der Waals surface area contributed by atoms with Gasteiger partial charge >= 0.3 is 5.97 Å². The normalized spacial score (nSPS) is 13.5. The number of likely N-dealkylation sites (N-methyl/N-ethyl adjacent to an activating group) is 1. The molecular weight excluding hydrogens is 304 g/mol. The first-order valence-corrected chi connectivity index (χ1v) is 8.19. The van der Waals surface area contributed by atoms with Crippen LogP contribution in [0.4, 0.5) is 0 Å². The van der Waals surface area contributed by atoms with Crippen LogP contribution in [0.2, 0.25) is 0 Å². The first-order chi connectivity index (χ1) is 10.5. The van der Waals surface area contributed by atoms with Crippen LogP contribution >= 0.6 is 11.3 Å². The summed E-state index contributed by atoms with van der Waals surface area (Å²) in [4.78, 5) is 36.2. The number of rotatable bonds is 8. The largest absolute Gasteiger partial charge is 0.456 e. The SMILES string of the molecule is CN(CC(=O)NC1CC1)C(=O)COC(=O)CCc1ccsc1. The van der Waals surface area contributed by atoms with E-state index in [9.17, 15) is 14.4 Å². The molecule has 1 saturated carbocycles. The van der Waals surface area contributed by atoms with Crippen molar-refractivity contribution in [3.63, 3.8) is 0 Å². The number of nitrogens with one attached hydrogen (secondary N) is 1. The van der Waals surface area contributed by atoms with Gasteiger partial charge in [-0.05, 0) is 41.7 Å². The summed E-state index contributed by atoms with van der Waals surface area (Å²) < 4.78 is 4.94. The van der Waals surface area contributed by atoms with Gasteiger partial charge in [-0.25, -0.2) is 0 Å². The van der Waals surface area contributed by atoms with Crippen molar-refractivity contribution >= 4 is 29.1 Å². The summed E-state index contributed by atoms with van der Waals surface area (Å²) in [5, 5.41) is 6.73. The Kier molecular flexibility index (Phi) is 5.94. The Hall–Kier alpha value is -1.89. The maximum atomic E-state index is 11.8. The van der Waals surface area contributed by atoms with E-state index in [2.05, 4.69) is 5.32 Å². The van der Waals surface area contributed by atoms with Gasteiger partial charge in [-0.2, -0.15) is 11.3 Å². The van der Waals surface area contributed by atoms with Gasteiger partial charge in [0.1, 0.15) is 0 Å². The van der Waals surface area contributed by atoms with Crippen molar-refractivity contribution in [2.75, 3.05) is 20.2 Å². The predicted molar refractivity (Wildman–Crippen MR) is 82.4 cm³/mol. The monoisotopic (exact) mass is 324 g/mol. The number of aryl methyl sites for hydroxylation is 1. The van der Waals surface area contributed by atoms with Crippen molar-refractivity contribution < 1.29 is 19.1 Å². The number of carbonyl (C=O) groups excluding carboxylic acids is 3. The summed E-state index contributed by atoms with van der Waals surface area (Å²) >= 11 is 1.58. The van der Waals surface area contributed by atoms with Crippen molar-refractivity contribution in [1.29, 1.82) is 0 Å². The minimum absolute atomic E-state index is 0.0121. The van der Waals surface area contributed by atoms with Crippen LogP contribution in [0.1, 0.15) is 24.8 Å². The number of hydrogen-bond acceptors (Lipinski definition) is 5. The van der Waals surface area contributed by atoms with Crippen molar-refractivity contribution in [2.45, 2.75) is 31.7 Å². The smallest absolute Gasteiger partial charge is 0.306 e. The third-order valence-electron chi connectivity index (χ3n) is 3.30. The third-order valence-corrected chi connectivity index (χ3v) is 4.04. The summed E-state index contributed by atoms with van der Waals surface area (Å²) in [6.45, 7) is -0.336. The predicted octanol–water partition coefficient (Wildman–Crippen LogP) is 0.961. The molecule has 0 spiro atoms. The number of thiophene rings is 1. The Balaban J connectivity index is 1.60. The number of ether oxygens (including phenoxy) is 1. The molecule has 0 aliphatic heterocycles. The van der Waals surface area contributed by atoms with Gasteiger partial charge in [-0.1, -0.05) is 0 Å². The Morgan fingerprint density at radius 3 is 2.82 bits per heavy atom. The topological polar surface area (TPSA) is 75.7 Å². The van der Waals surface area contributed by atoms with Crippen LogP contribution in [0.5, 0.6) is 0 Å². The molecule has 2 rings (SSSR count). The molecule has 1 aliphatic rings. The third kappa shape index (κ3) is 5.85. The molecule has 0 unspecified atom stereocenters. The van der Waals surface area contributed by atoms with Gasteiger partial charge in [-0.15, -0.1) is 0 Å². The molecule has 6 nitrogen and oxygen atoms in total. The second-order valence-corrected chi connectivity index (χ2v) is 6.16. The molecule has 0 radical (unpaired) electrons. The van der Waals surface area contributed by atoms with Crippen LogP contribution in [-0.4, -0.2) is 48.9 Å². The van der Waals surface area contributed by atoms with Crippen LogP contribution < -0.4 is 5.32 Å². The standard InChI is InChI=1S/C15H20N2O4S/c1-17(8-13(18)16-12-3-4-12)14(19)9-21-15(20)5-2-11-6-7-22-10-11/h6-7,10,12H,2-5,8-9H2,1H3,(H,16,18). The molecule has 7 heteroatoms. The van der Waals surface area contributed by atoms with Gasteiger partial charge in [0.15, 0.2) is 6.61 Å². The highest BCUT2D eigenvalue weighted by molar-refractivity contribution is 7.07. The van der Waals surface area contributed by atoms with Crippen molar-refractivity contribution in [3.05, 3.63) is 22.4 Å². The lowest BCUT2D eigenvalue weighted by Gasteiger charge is -2.16. The summed E-state index contributed by atoms with van der Waals surface area (Å²) in [6.07, 6.45) is 2.86. The number of nitrogens with zero attached hydrogens (tertiary/aromatic N) is 1. The maximum absolute atomic E-state index is 11.8. The average Bonchev–Trinajstić information content (AvgIpc) is 3.13. The van der Waals surface area contributed by atoms with Gasteiger partial charge in [0, 0.05) is 19.5 Å². The lowest BCUT2D eigenvalue weighted by Crippen LogP contribution is -2.40. The Morgan fingerprint density at radius 1 is 1.41 bits per heavy atom. The fourth-order valence-electron chi connectivity index (χ4n) is 1.81. The zero-order valence-electron chi connectivity index (χ0n) is 12.5. The summed E-state index contributed by atoms with van der Waals surface area (Å²) in [5.41, 5.74) is 1.09. The van der Waals surface area contributed by atoms with Crippen molar-refractivity contribution in [2.24, 2.45) is 0 Å². The van der Waals surface area contributed by atoms with Gasteiger partial charge < -0.3 is 15.0 Å². The van der Waals surface area contributed by atoms with E-state index in [1.165, 1.54) is 11.9 Å². The molecular formula is C15H20N2O4S. The van der Waals surface area contributed by atoms with E-state index in [1.807, 2.05) is 16.8 Å². The van der Waals surface area contributed by atoms with Gasteiger partial charge in [0.05, 0.1) is 6.54 Å². The highest BCUT2D eigenvalue weighted by atomic mass is 32.1. The first kappa shape index (κ1) is 16.5. The highest BCUT2D eigenvalue weighted by Crippen LogP contribution is 2.18. The summed E-state index contributed by atoms with van der Waals surface area (Å²) in [5.74, 6) is -0.965. The molecule has 0 atom stereocenters. The highest BCUT2D eigenvalue weighted by Gasteiger charge is 2.24. The van der Waals surface area contributed by atoms with Crippen molar-refractivity contribution in [1.82, 2.24) is 10.2 Å². The second kappa shape index (κ2) is 7.93. The van der Waals surface area contributed by atoms with Gasteiger partial charge in [0.25, 0.3) is 5.91 Å². The van der Waals surface area contributed by atoms with Crippen LogP contribution in [0.15, 0.2) is 16.8 Å². The van der Waals surface area contributed by atoms with Crippen LogP contribution in [0.3, 0.4) is 0 Å². The summed E-state index contributed by atoms with van der Waals surface area (Å²) in [6, 6.07) is 2.22. The molecule has 0 aromatic carbocycles. The Labute approximate surface area is 133 Å². The minimum Gasteiger partial charge on any atom is -0.456 e. The maximum Gasteiger partial charge on any atom is 0.306 e. The van der Waals surface area contributed by atoms with E-state index in [4.69, 9.17) is 4.74 Å². The molecule has 0 saturated heterocycles. The lowest BCUT2D eigenvalue weighted by molar-refractivity contribution is -0.151. The minimum atomic E-state index is -0.407. The second-order valence-electron chi connectivity index (χ2n) is 5.38. The van der Waals surface area contributed by atoms with Crippen LogP contribution in [0.25, 0.3) is 0 Å². The zero-order valence-corrected chi connectivity index (χ0v) is 13.4. The fraction of sp³-hybridized carbons (Fsp3) is 0.533. The molecule has 120 valence electrons. The molecule has 1 aliphatic carbocycles. The molecule has 1 heterocycles. The number of esters is 1. The molecule has 22 heavy (non-hydrogen) atoms. The van der Waals surface area contributed by atoms with E-state index >= 15 is 0 Å². The first-order valence-electron chi connectivity index (χ1n) is 7.24. The number of amides is 2. The molecule has 1 fully saturated rings.